The Morgan fingerprint density at radius 2 is 1.60 bits per heavy atom. The van der Waals surface area contributed by atoms with Gasteiger partial charge in [0.25, 0.3) is 5.91 Å². The molecule has 0 saturated carbocycles. The van der Waals surface area contributed by atoms with Gasteiger partial charge in [-0.15, -0.1) is 0 Å². The first kappa shape index (κ1) is 21.9. The Balaban J connectivity index is 1.58. The van der Waals surface area contributed by atoms with Crippen LogP contribution in [-0.4, -0.2) is 5.91 Å². The van der Waals surface area contributed by atoms with Crippen molar-refractivity contribution >= 4 is 17.5 Å². The van der Waals surface area contributed by atoms with Crippen LogP contribution in [0, 0.1) is 0 Å². The molecule has 4 heteroatoms. The SMILES string of the molecule is CC(NC(=O)c1ccc(OCc2ccccc2Cl)cc1)c1ccc(C(C)(C)C)cc1. The summed E-state index contributed by atoms with van der Waals surface area (Å²) in [7, 11) is 0. The zero-order chi connectivity index (χ0) is 21.7. The van der Waals surface area contributed by atoms with Gasteiger partial charge in [-0.25, -0.2) is 0 Å². The van der Waals surface area contributed by atoms with Crippen molar-refractivity contribution in [1.82, 2.24) is 5.32 Å². The number of benzene rings is 3. The smallest absolute Gasteiger partial charge is 0.251 e. The Morgan fingerprint density at radius 1 is 0.967 bits per heavy atom. The molecule has 0 aliphatic carbocycles. The Morgan fingerprint density at radius 3 is 2.20 bits per heavy atom. The number of rotatable bonds is 6. The van der Waals surface area contributed by atoms with E-state index >= 15 is 0 Å². The molecule has 3 nitrogen and oxygen atoms in total. The number of hydrogen-bond acceptors (Lipinski definition) is 2. The second kappa shape index (κ2) is 9.36. The molecule has 0 saturated heterocycles. The lowest BCUT2D eigenvalue weighted by Gasteiger charge is -2.20. The van der Waals surface area contributed by atoms with E-state index in [-0.39, 0.29) is 17.4 Å². The Hall–Kier alpha value is -2.78. The van der Waals surface area contributed by atoms with Crippen molar-refractivity contribution in [1.29, 1.82) is 0 Å². The van der Waals surface area contributed by atoms with Crippen LogP contribution >= 0.6 is 11.6 Å². The maximum Gasteiger partial charge on any atom is 0.251 e. The molecule has 0 bridgehead atoms. The van der Waals surface area contributed by atoms with Gasteiger partial charge >= 0.3 is 0 Å². The summed E-state index contributed by atoms with van der Waals surface area (Å²) in [6.07, 6.45) is 0. The highest BCUT2D eigenvalue weighted by molar-refractivity contribution is 6.31. The average molecular weight is 422 g/mol. The number of carbonyl (C=O) groups excluding carboxylic acids is 1. The van der Waals surface area contributed by atoms with Gasteiger partial charge in [0, 0.05) is 16.1 Å². The molecule has 3 aromatic carbocycles. The molecule has 0 radical (unpaired) electrons. The number of nitrogens with one attached hydrogen (secondary N) is 1. The summed E-state index contributed by atoms with van der Waals surface area (Å²) < 4.78 is 5.78. The van der Waals surface area contributed by atoms with Gasteiger partial charge in [0.1, 0.15) is 12.4 Å². The minimum absolute atomic E-state index is 0.0809. The first-order valence-corrected chi connectivity index (χ1v) is 10.5. The normalized spacial score (nSPS) is 12.3. The Bertz CT molecular complexity index is 989. The molecule has 1 atom stereocenters. The lowest BCUT2D eigenvalue weighted by molar-refractivity contribution is 0.0940. The summed E-state index contributed by atoms with van der Waals surface area (Å²) in [6, 6.07) is 23.1. The van der Waals surface area contributed by atoms with Crippen molar-refractivity contribution in [2.45, 2.75) is 45.8 Å². The number of halogens is 1. The monoisotopic (exact) mass is 421 g/mol. The fourth-order valence-corrected chi connectivity index (χ4v) is 3.30. The highest BCUT2D eigenvalue weighted by atomic mass is 35.5. The fraction of sp³-hybridized carbons (Fsp3) is 0.269. The second-order valence-electron chi connectivity index (χ2n) is 8.47. The molecular formula is C26H28ClNO2. The molecule has 30 heavy (non-hydrogen) atoms. The van der Waals surface area contributed by atoms with Gasteiger partial charge in [-0.05, 0) is 53.8 Å². The molecular weight excluding hydrogens is 394 g/mol. The van der Waals surface area contributed by atoms with Crippen LogP contribution in [0.4, 0.5) is 0 Å². The zero-order valence-corrected chi connectivity index (χ0v) is 18.7. The maximum absolute atomic E-state index is 12.6. The van der Waals surface area contributed by atoms with Crippen molar-refractivity contribution in [2.75, 3.05) is 0 Å². The van der Waals surface area contributed by atoms with E-state index in [9.17, 15) is 4.79 Å². The highest BCUT2D eigenvalue weighted by Gasteiger charge is 2.15. The van der Waals surface area contributed by atoms with Gasteiger partial charge in [-0.1, -0.05) is 74.8 Å². The topological polar surface area (TPSA) is 38.3 Å². The molecule has 0 aliphatic heterocycles. The number of amides is 1. The number of ether oxygens (including phenoxy) is 1. The molecule has 1 amide bonds. The van der Waals surface area contributed by atoms with Crippen LogP contribution in [0.1, 0.15) is 60.8 Å². The van der Waals surface area contributed by atoms with E-state index in [4.69, 9.17) is 16.3 Å². The van der Waals surface area contributed by atoms with Crippen molar-refractivity contribution in [3.8, 4) is 5.75 Å². The standard InChI is InChI=1S/C26H28ClNO2/c1-18(19-9-13-22(14-10-19)26(2,3)4)28-25(29)20-11-15-23(16-12-20)30-17-21-7-5-6-8-24(21)27/h5-16,18H,17H2,1-4H3,(H,28,29). The van der Waals surface area contributed by atoms with Gasteiger partial charge < -0.3 is 10.1 Å². The molecule has 0 fully saturated rings. The molecule has 0 heterocycles. The lowest BCUT2D eigenvalue weighted by Crippen LogP contribution is -2.26. The molecule has 3 rings (SSSR count). The van der Waals surface area contributed by atoms with Crippen molar-refractivity contribution in [3.05, 3.63) is 100 Å². The van der Waals surface area contributed by atoms with Gasteiger partial charge in [0.15, 0.2) is 0 Å². The van der Waals surface area contributed by atoms with E-state index in [0.29, 0.717) is 22.9 Å². The minimum atomic E-state index is -0.111. The summed E-state index contributed by atoms with van der Waals surface area (Å²) in [5.41, 5.74) is 3.99. The second-order valence-corrected chi connectivity index (χ2v) is 8.88. The summed E-state index contributed by atoms with van der Waals surface area (Å²) >= 11 is 6.15. The zero-order valence-electron chi connectivity index (χ0n) is 17.9. The summed E-state index contributed by atoms with van der Waals surface area (Å²) in [5, 5.41) is 3.74. The van der Waals surface area contributed by atoms with Crippen LogP contribution in [0.3, 0.4) is 0 Å². The molecule has 0 spiro atoms. The van der Waals surface area contributed by atoms with Crippen LogP contribution in [0.15, 0.2) is 72.8 Å². The van der Waals surface area contributed by atoms with Gasteiger partial charge in [-0.3, -0.25) is 4.79 Å². The summed E-state index contributed by atoms with van der Waals surface area (Å²) in [4.78, 5) is 12.6. The molecule has 1 unspecified atom stereocenters. The van der Waals surface area contributed by atoms with Crippen LogP contribution in [0.2, 0.25) is 5.02 Å². The van der Waals surface area contributed by atoms with Crippen molar-refractivity contribution < 1.29 is 9.53 Å². The molecule has 1 N–H and O–H groups in total. The Kier molecular flexibility index (Phi) is 6.84. The third kappa shape index (κ3) is 5.64. The minimum Gasteiger partial charge on any atom is -0.489 e. The van der Waals surface area contributed by atoms with Gasteiger partial charge in [-0.2, -0.15) is 0 Å². The van der Waals surface area contributed by atoms with E-state index in [1.165, 1.54) is 5.56 Å². The Labute approximate surface area is 184 Å². The molecule has 3 aromatic rings. The van der Waals surface area contributed by atoms with Crippen molar-refractivity contribution in [3.63, 3.8) is 0 Å². The molecule has 0 aliphatic rings. The van der Waals surface area contributed by atoms with Crippen LogP contribution in [-0.2, 0) is 12.0 Å². The van der Waals surface area contributed by atoms with E-state index < -0.39 is 0 Å². The number of hydrogen-bond donors (Lipinski definition) is 1. The summed E-state index contributed by atoms with van der Waals surface area (Å²) in [6.45, 7) is 8.94. The largest absolute Gasteiger partial charge is 0.489 e. The predicted octanol–water partition coefficient (Wildman–Crippen LogP) is 6.71. The quantitative estimate of drug-likeness (QED) is 0.480. The van der Waals surface area contributed by atoms with E-state index in [2.05, 4.69) is 50.4 Å². The first-order chi connectivity index (χ1) is 14.2. The third-order valence-corrected chi connectivity index (χ3v) is 5.46. The van der Waals surface area contributed by atoms with Gasteiger partial charge in [0.05, 0.1) is 6.04 Å². The third-order valence-electron chi connectivity index (χ3n) is 5.09. The van der Waals surface area contributed by atoms with Crippen LogP contribution in [0.5, 0.6) is 5.75 Å². The fourth-order valence-electron chi connectivity index (χ4n) is 3.11. The highest BCUT2D eigenvalue weighted by Crippen LogP contribution is 2.24. The van der Waals surface area contributed by atoms with E-state index in [1.807, 2.05) is 31.2 Å². The van der Waals surface area contributed by atoms with Gasteiger partial charge in [0.2, 0.25) is 0 Å². The predicted molar refractivity (Wildman–Crippen MR) is 123 cm³/mol. The maximum atomic E-state index is 12.6. The average Bonchev–Trinajstić information content (AvgIpc) is 2.73. The van der Waals surface area contributed by atoms with E-state index in [1.54, 1.807) is 24.3 Å². The molecule has 0 aromatic heterocycles. The van der Waals surface area contributed by atoms with Crippen LogP contribution < -0.4 is 10.1 Å². The van der Waals surface area contributed by atoms with Crippen molar-refractivity contribution in [2.24, 2.45) is 0 Å². The molecule has 156 valence electrons. The van der Waals surface area contributed by atoms with Crippen LogP contribution in [0.25, 0.3) is 0 Å². The summed E-state index contributed by atoms with van der Waals surface area (Å²) in [5.74, 6) is 0.581. The number of carbonyl (C=O) groups is 1. The van der Waals surface area contributed by atoms with E-state index in [0.717, 1.165) is 11.1 Å². The lowest BCUT2D eigenvalue weighted by atomic mass is 9.86. The first-order valence-electron chi connectivity index (χ1n) is 10.1.